The fourth-order valence-corrected chi connectivity index (χ4v) is 1.79. The van der Waals surface area contributed by atoms with Crippen LogP contribution in [-0.4, -0.2) is 36.2 Å². The number of para-hydroxylation sites is 1. The van der Waals surface area contributed by atoms with Crippen LogP contribution in [0.25, 0.3) is 0 Å². The molecule has 1 aliphatic heterocycles. The number of rotatable bonds is 3. The lowest BCUT2D eigenvalue weighted by molar-refractivity contribution is -0.385. The van der Waals surface area contributed by atoms with E-state index in [1.807, 2.05) is 0 Å². The normalized spacial score (nSPS) is 14.6. The highest BCUT2D eigenvalue weighted by atomic mass is 16.7. The number of methoxy groups -OCH3 is 1. The molecule has 0 bridgehead atoms. The lowest BCUT2D eigenvalue weighted by atomic mass is 10.1. The van der Waals surface area contributed by atoms with Crippen LogP contribution in [0.3, 0.4) is 0 Å². The van der Waals surface area contributed by atoms with Gasteiger partial charge in [0.05, 0.1) is 30.7 Å². The van der Waals surface area contributed by atoms with Gasteiger partial charge in [-0.25, -0.2) is 5.06 Å². The average Bonchev–Trinajstić information content (AvgIpc) is 2.90. The summed E-state index contributed by atoms with van der Waals surface area (Å²) in [4.78, 5) is 27.5. The Morgan fingerprint density at radius 2 is 2.33 bits per heavy atom. The van der Waals surface area contributed by atoms with Crippen molar-refractivity contribution in [3.63, 3.8) is 0 Å². The average molecular weight is 252 g/mol. The Hall–Kier alpha value is -2.15. The molecule has 18 heavy (non-hydrogen) atoms. The van der Waals surface area contributed by atoms with Crippen LogP contribution in [0.15, 0.2) is 18.2 Å². The monoisotopic (exact) mass is 252 g/mol. The Balaban J connectivity index is 2.40. The van der Waals surface area contributed by atoms with Crippen molar-refractivity contribution < 1.29 is 19.3 Å². The molecule has 1 amide bonds. The number of benzene rings is 1. The lowest BCUT2D eigenvalue weighted by Gasteiger charge is -2.15. The number of hydrogen-bond acceptors (Lipinski definition) is 5. The van der Waals surface area contributed by atoms with E-state index in [2.05, 4.69) is 0 Å². The van der Waals surface area contributed by atoms with Crippen molar-refractivity contribution in [1.29, 1.82) is 0 Å². The van der Waals surface area contributed by atoms with Crippen LogP contribution in [0, 0.1) is 10.1 Å². The molecule has 0 radical (unpaired) electrons. The molecule has 0 aromatic heterocycles. The first-order chi connectivity index (χ1) is 8.65. The summed E-state index contributed by atoms with van der Waals surface area (Å²) in [5, 5.41) is 12.0. The van der Waals surface area contributed by atoms with E-state index in [9.17, 15) is 14.9 Å². The summed E-state index contributed by atoms with van der Waals surface area (Å²) in [6, 6.07) is 4.22. The van der Waals surface area contributed by atoms with E-state index in [0.717, 1.165) is 6.42 Å². The zero-order valence-electron chi connectivity index (χ0n) is 9.79. The second-order valence-corrected chi connectivity index (χ2v) is 3.71. The van der Waals surface area contributed by atoms with E-state index in [-0.39, 0.29) is 17.0 Å². The van der Waals surface area contributed by atoms with Crippen molar-refractivity contribution in [1.82, 2.24) is 5.06 Å². The summed E-state index contributed by atoms with van der Waals surface area (Å²) < 4.78 is 4.97. The zero-order chi connectivity index (χ0) is 13.1. The SMILES string of the molecule is COc1c(C(=O)N2CCCO2)cccc1[N+](=O)[O-]. The molecule has 1 fully saturated rings. The molecule has 1 aliphatic rings. The number of hydrogen-bond donors (Lipinski definition) is 0. The van der Waals surface area contributed by atoms with Crippen LogP contribution in [0.1, 0.15) is 16.8 Å². The smallest absolute Gasteiger partial charge is 0.311 e. The molecule has 0 atom stereocenters. The number of amides is 1. The molecule has 1 saturated heterocycles. The number of nitrogens with zero attached hydrogens (tertiary/aromatic N) is 2. The number of carbonyl (C=O) groups excluding carboxylic acids is 1. The highest BCUT2D eigenvalue weighted by Crippen LogP contribution is 2.31. The predicted octanol–water partition coefficient (Wildman–Crippen LogP) is 1.38. The zero-order valence-corrected chi connectivity index (χ0v) is 9.79. The maximum Gasteiger partial charge on any atom is 0.311 e. The highest BCUT2D eigenvalue weighted by molar-refractivity contribution is 5.97. The van der Waals surface area contributed by atoms with Gasteiger partial charge in [-0.15, -0.1) is 0 Å². The van der Waals surface area contributed by atoms with Gasteiger partial charge in [0.15, 0.2) is 0 Å². The molecule has 7 nitrogen and oxygen atoms in total. The first-order valence-electron chi connectivity index (χ1n) is 5.41. The third-order valence-electron chi connectivity index (χ3n) is 2.60. The van der Waals surface area contributed by atoms with Gasteiger partial charge in [0.25, 0.3) is 5.91 Å². The lowest BCUT2D eigenvalue weighted by Crippen LogP contribution is -2.27. The summed E-state index contributed by atoms with van der Waals surface area (Å²) in [6.45, 7) is 0.952. The van der Waals surface area contributed by atoms with E-state index < -0.39 is 10.8 Å². The van der Waals surface area contributed by atoms with Crippen molar-refractivity contribution in [3.8, 4) is 5.75 Å². The van der Waals surface area contributed by atoms with Crippen molar-refractivity contribution >= 4 is 11.6 Å². The van der Waals surface area contributed by atoms with Gasteiger partial charge in [-0.3, -0.25) is 19.7 Å². The fraction of sp³-hybridized carbons (Fsp3) is 0.364. The maximum atomic E-state index is 12.1. The first-order valence-corrected chi connectivity index (χ1v) is 5.41. The van der Waals surface area contributed by atoms with E-state index >= 15 is 0 Å². The summed E-state index contributed by atoms with van der Waals surface area (Å²) in [7, 11) is 1.30. The molecule has 1 heterocycles. The van der Waals surface area contributed by atoms with E-state index in [4.69, 9.17) is 9.57 Å². The predicted molar refractivity (Wildman–Crippen MR) is 61.3 cm³/mol. The van der Waals surface area contributed by atoms with Gasteiger partial charge in [-0.1, -0.05) is 6.07 Å². The molecule has 0 spiro atoms. The Kier molecular flexibility index (Phi) is 3.42. The molecule has 0 N–H and O–H groups in total. The molecular formula is C11H12N2O5. The molecule has 1 aromatic carbocycles. The summed E-state index contributed by atoms with van der Waals surface area (Å²) in [5.74, 6) is -0.462. The van der Waals surface area contributed by atoms with Crippen molar-refractivity contribution in [2.75, 3.05) is 20.3 Å². The van der Waals surface area contributed by atoms with Gasteiger partial charge in [0, 0.05) is 6.07 Å². The standard InChI is InChI=1S/C11H12N2O5/c1-17-10-8(4-2-5-9(10)13(15)16)11(14)12-6-3-7-18-12/h2,4-5H,3,6-7H2,1H3. The Labute approximate surface area is 103 Å². The van der Waals surface area contributed by atoms with Gasteiger partial charge in [0.1, 0.15) is 0 Å². The molecule has 1 aromatic rings. The molecule has 96 valence electrons. The number of carbonyl (C=O) groups is 1. The van der Waals surface area contributed by atoms with Gasteiger partial charge in [-0.2, -0.15) is 0 Å². The van der Waals surface area contributed by atoms with E-state index in [0.29, 0.717) is 13.2 Å². The van der Waals surface area contributed by atoms with Crippen LogP contribution in [0.2, 0.25) is 0 Å². The summed E-state index contributed by atoms with van der Waals surface area (Å²) in [5.41, 5.74) is -0.101. The molecule has 0 unspecified atom stereocenters. The summed E-state index contributed by atoms with van der Waals surface area (Å²) in [6.07, 6.45) is 0.753. The molecule has 7 heteroatoms. The molecule has 0 saturated carbocycles. The fourth-order valence-electron chi connectivity index (χ4n) is 1.79. The number of nitro groups is 1. The van der Waals surface area contributed by atoms with Crippen molar-refractivity contribution in [2.24, 2.45) is 0 Å². The van der Waals surface area contributed by atoms with E-state index in [1.165, 1.54) is 30.4 Å². The highest BCUT2D eigenvalue weighted by Gasteiger charge is 2.28. The van der Waals surface area contributed by atoms with Gasteiger partial charge in [-0.05, 0) is 12.5 Å². The number of hydroxylamine groups is 2. The number of nitro benzene ring substituents is 1. The first kappa shape index (κ1) is 12.3. The molecule has 2 rings (SSSR count). The van der Waals surface area contributed by atoms with Gasteiger partial charge >= 0.3 is 5.69 Å². The van der Waals surface area contributed by atoms with Crippen LogP contribution in [0.4, 0.5) is 5.69 Å². The Morgan fingerprint density at radius 3 is 2.89 bits per heavy atom. The quantitative estimate of drug-likeness (QED) is 0.599. The Bertz CT molecular complexity index is 482. The van der Waals surface area contributed by atoms with Crippen LogP contribution < -0.4 is 4.74 Å². The second kappa shape index (κ2) is 5.01. The van der Waals surface area contributed by atoms with Gasteiger partial charge < -0.3 is 4.74 Å². The minimum atomic E-state index is -0.583. The number of ether oxygens (including phenoxy) is 1. The Morgan fingerprint density at radius 1 is 1.56 bits per heavy atom. The van der Waals surface area contributed by atoms with Crippen LogP contribution in [-0.2, 0) is 4.84 Å². The second-order valence-electron chi connectivity index (χ2n) is 3.71. The molecular weight excluding hydrogens is 240 g/mol. The maximum absolute atomic E-state index is 12.1. The topological polar surface area (TPSA) is 81.9 Å². The van der Waals surface area contributed by atoms with Crippen LogP contribution in [0.5, 0.6) is 5.75 Å². The third-order valence-corrected chi connectivity index (χ3v) is 2.60. The summed E-state index contributed by atoms with van der Waals surface area (Å²) >= 11 is 0. The van der Waals surface area contributed by atoms with Crippen molar-refractivity contribution in [3.05, 3.63) is 33.9 Å². The van der Waals surface area contributed by atoms with Crippen LogP contribution >= 0.6 is 0 Å². The minimum Gasteiger partial charge on any atom is -0.490 e. The largest absolute Gasteiger partial charge is 0.490 e. The minimum absolute atomic E-state index is 0.0389. The van der Waals surface area contributed by atoms with E-state index in [1.54, 1.807) is 0 Å². The van der Waals surface area contributed by atoms with Crippen molar-refractivity contribution in [2.45, 2.75) is 6.42 Å². The third kappa shape index (κ3) is 2.12. The molecule has 0 aliphatic carbocycles. The van der Waals surface area contributed by atoms with Gasteiger partial charge in [0.2, 0.25) is 5.75 Å².